The number of benzene rings is 2. The maximum absolute atomic E-state index is 12.6. The lowest BCUT2D eigenvalue weighted by Crippen LogP contribution is -2.44. The number of carbonyl (C=O) groups is 1. The number of aliphatic carboxylic acids is 1. The Bertz CT molecular complexity index is 1070. The van der Waals surface area contributed by atoms with Gasteiger partial charge in [0.05, 0.1) is 4.90 Å². The molecule has 0 aliphatic carbocycles. The summed E-state index contributed by atoms with van der Waals surface area (Å²) < 4.78 is 33.1. The molecule has 1 atom stereocenters. The third-order valence-corrected chi connectivity index (χ3v) is 5.43. The van der Waals surface area contributed by atoms with Crippen molar-refractivity contribution < 1.29 is 22.7 Å². The van der Waals surface area contributed by atoms with Gasteiger partial charge in [-0.05, 0) is 36.2 Å². The molecule has 8 heteroatoms. The zero-order chi connectivity index (χ0) is 18.4. The van der Waals surface area contributed by atoms with Crippen LogP contribution in [0.25, 0.3) is 21.9 Å². The SMILES string of the molecule is CC(C)C(NS(=O)(=O)c1ccc2oc3cc(N)ccc3c2c1)C(=O)O. The lowest BCUT2D eigenvalue weighted by Gasteiger charge is -2.17. The Labute approximate surface area is 144 Å². The molecule has 3 rings (SSSR count). The number of nitrogens with one attached hydrogen (secondary N) is 1. The highest BCUT2D eigenvalue weighted by Crippen LogP contribution is 2.31. The van der Waals surface area contributed by atoms with Gasteiger partial charge in [0.15, 0.2) is 0 Å². The number of rotatable bonds is 5. The highest BCUT2D eigenvalue weighted by molar-refractivity contribution is 7.89. The van der Waals surface area contributed by atoms with Crippen LogP contribution in [0.5, 0.6) is 0 Å². The molecule has 0 spiro atoms. The molecule has 0 saturated carbocycles. The second-order valence-corrected chi connectivity index (χ2v) is 7.91. The van der Waals surface area contributed by atoms with Gasteiger partial charge >= 0.3 is 5.97 Å². The second kappa shape index (κ2) is 6.05. The molecule has 0 radical (unpaired) electrons. The van der Waals surface area contributed by atoms with E-state index in [4.69, 9.17) is 10.2 Å². The monoisotopic (exact) mass is 362 g/mol. The maximum atomic E-state index is 12.6. The van der Waals surface area contributed by atoms with Crippen molar-refractivity contribution in [2.75, 3.05) is 5.73 Å². The van der Waals surface area contributed by atoms with Crippen LogP contribution >= 0.6 is 0 Å². The number of sulfonamides is 1. The molecule has 132 valence electrons. The van der Waals surface area contributed by atoms with Crippen molar-refractivity contribution >= 4 is 43.6 Å². The molecule has 1 unspecified atom stereocenters. The molecular formula is C17H18N2O5S. The van der Waals surface area contributed by atoms with E-state index in [1.165, 1.54) is 12.1 Å². The number of carboxylic acid groups (broad SMARTS) is 1. The van der Waals surface area contributed by atoms with Gasteiger partial charge in [-0.25, -0.2) is 8.42 Å². The van der Waals surface area contributed by atoms with E-state index in [1.54, 1.807) is 38.1 Å². The first kappa shape index (κ1) is 17.2. The van der Waals surface area contributed by atoms with Crippen LogP contribution in [-0.2, 0) is 14.8 Å². The largest absolute Gasteiger partial charge is 0.480 e. The number of fused-ring (bicyclic) bond motifs is 3. The molecule has 25 heavy (non-hydrogen) atoms. The van der Waals surface area contributed by atoms with E-state index in [0.29, 0.717) is 22.2 Å². The van der Waals surface area contributed by atoms with E-state index in [0.717, 1.165) is 5.39 Å². The number of nitrogens with two attached hydrogens (primary N) is 1. The Morgan fingerprint density at radius 3 is 2.48 bits per heavy atom. The van der Waals surface area contributed by atoms with Gasteiger partial charge in [-0.3, -0.25) is 4.79 Å². The van der Waals surface area contributed by atoms with E-state index in [1.807, 2.05) is 0 Å². The molecule has 1 aromatic heterocycles. The highest BCUT2D eigenvalue weighted by atomic mass is 32.2. The van der Waals surface area contributed by atoms with Crippen LogP contribution in [0, 0.1) is 5.92 Å². The van der Waals surface area contributed by atoms with Gasteiger partial charge in [-0.2, -0.15) is 4.72 Å². The zero-order valence-corrected chi connectivity index (χ0v) is 14.5. The summed E-state index contributed by atoms with van der Waals surface area (Å²) in [5, 5.41) is 10.6. The Hall–Kier alpha value is -2.58. The summed E-state index contributed by atoms with van der Waals surface area (Å²) in [6.07, 6.45) is 0. The number of anilines is 1. The quantitative estimate of drug-likeness (QED) is 0.600. The van der Waals surface area contributed by atoms with Crippen LogP contribution in [0.2, 0.25) is 0 Å². The van der Waals surface area contributed by atoms with Crippen LogP contribution < -0.4 is 10.5 Å². The average Bonchev–Trinajstić information content (AvgIpc) is 2.88. The fraction of sp³-hybridized carbons (Fsp3) is 0.235. The van der Waals surface area contributed by atoms with Crippen molar-refractivity contribution in [2.45, 2.75) is 24.8 Å². The number of furan rings is 1. The first-order chi connectivity index (χ1) is 11.7. The second-order valence-electron chi connectivity index (χ2n) is 6.20. The minimum absolute atomic E-state index is 0.0218. The van der Waals surface area contributed by atoms with Gasteiger partial charge in [0.1, 0.15) is 17.2 Å². The number of hydrogen-bond acceptors (Lipinski definition) is 5. The van der Waals surface area contributed by atoms with Gasteiger partial charge in [-0.15, -0.1) is 0 Å². The van der Waals surface area contributed by atoms with Crippen LogP contribution in [-0.4, -0.2) is 25.5 Å². The molecule has 0 saturated heterocycles. The Morgan fingerprint density at radius 1 is 1.12 bits per heavy atom. The van der Waals surface area contributed by atoms with E-state index < -0.39 is 28.0 Å². The van der Waals surface area contributed by atoms with E-state index in [2.05, 4.69) is 4.72 Å². The summed E-state index contributed by atoms with van der Waals surface area (Å²) in [5.41, 5.74) is 7.36. The molecule has 0 bridgehead atoms. The Kier molecular flexibility index (Phi) is 4.18. The molecule has 0 aliphatic rings. The normalized spacial score (nSPS) is 13.6. The van der Waals surface area contributed by atoms with Crippen LogP contribution in [0.4, 0.5) is 5.69 Å². The van der Waals surface area contributed by atoms with E-state index in [-0.39, 0.29) is 4.90 Å². The summed E-state index contributed by atoms with van der Waals surface area (Å²) in [6.45, 7) is 3.27. The van der Waals surface area contributed by atoms with Crippen LogP contribution in [0.15, 0.2) is 45.7 Å². The number of nitrogen functional groups attached to an aromatic ring is 1. The van der Waals surface area contributed by atoms with E-state index in [9.17, 15) is 18.3 Å². The molecular weight excluding hydrogens is 344 g/mol. The lowest BCUT2D eigenvalue weighted by molar-refractivity contribution is -0.140. The molecule has 4 N–H and O–H groups in total. The molecule has 0 aliphatic heterocycles. The van der Waals surface area contributed by atoms with Crippen molar-refractivity contribution in [3.63, 3.8) is 0 Å². The predicted octanol–water partition coefficient (Wildman–Crippen LogP) is 2.56. The zero-order valence-electron chi connectivity index (χ0n) is 13.7. The number of carboxylic acids is 1. The maximum Gasteiger partial charge on any atom is 0.322 e. The third kappa shape index (κ3) is 3.18. The molecule has 2 aromatic carbocycles. The average molecular weight is 362 g/mol. The molecule has 0 fully saturated rings. The van der Waals surface area contributed by atoms with Gasteiger partial charge in [0.2, 0.25) is 10.0 Å². The van der Waals surface area contributed by atoms with Crippen molar-refractivity contribution in [3.05, 3.63) is 36.4 Å². The summed E-state index contributed by atoms with van der Waals surface area (Å²) >= 11 is 0. The topological polar surface area (TPSA) is 123 Å². The molecule has 7 nitrogen and oxygen atoms in total. The van der Waals surface area contributed by atoms with Crippen molar-refractivity contribution in [2.24, 2.45) is 5.92 Å². The Balaban J connectivity index is 2.08. The van der Waals surface area contributed by atoms with Crippen molar-refractivity contribution in [1.29, 1.82) is 0 Å². The summed E-state index contributed by atoms with van der Waals surface area (Å²) in [7, 11) is -3.99. The first-order valence-electron chi connectivity index (χ1n) is 7.66. The standard InChI is InChI=1S/C17H18N2O5S/c1-9(2)16(17(20)21)19-25(22,23)11-4-6-14-13(8-11)12-5-3-10(18)7-15(12)24-14/h3-9,16,19H,18H2,1-2H3,(H,20,21). The van der Waals surface area contributed by atoms with Crippen molar-refractivity contribution in [1.82, 2.24) is 4.72 Å². The van der Waals surface area contributed by atoms with Gasteiger partial charge < -0.3 is 15.3 Å². The van der Waals surface area contributed by atoms with Gasteiger partial charge in [0.25, 0.3) is 0 Å². The summed E-state index contributed by atoms with van der Waals surface area (Å²) in [5.74, 6) is -1.61. The fourth-order valence-corrected chi connectivity index (χ4v) is 4.01. The lowest BCUT2D eigenvalue weighted by atomic mass is 10.1. The Morgan fingerprint density at radius 2 is 1.84 bits per heavy atom. The minimum atomic E-state index is -3.99. The molecule has 3 aromatic rings. The minimum Gasteiger partial charge on any atom is -0.480 e. The van der Waals surface area contributed by atoms with E-state index >= 15 is 0 Å². The van der Waals surface area contributed by atoms with Gasteiger partial charge in [-0.1, -0.05) is 13.8 Å². The molecule has 1 heterocycles. The smallest absolute Gasteiger partial charge is 0.322 e. The fourth-order valence-electron chi connectivity index (χ4n) is 2.65. The number of hydrogen-bond donors (Lipinski definition) is 3. The summed E-state index contributed by atoms with van der Waals surface area (Å²) in [6, 6.07) is 8.33. The van der Waals surface area contributed by atoms with Gasteiger partial charge in [0, 0.05) is 22.5 Å². The molecule has 0 amide bonds. The van der Waals surface area contributed by atoms with Crippen molar-refractivity contribution in [3.8, 4) is 0 Å². The third-order valence-electron chi connectivity index (χ3n) is 3.99. The predicted molar refractivity (Wildman–Crippen MR) is 94.7 cm³/mol. The van der Waals surface area contributed by atoms with Crippen LogP contribution in [0.3, 0.4) is 0 Å². The highest BCUT2D eigenvalue weighted by Gasteiger charge is 2.28. The summed E-state index contributed by atoms with van der Waals surface area (Å²) in [4.78, 5) is 11.3. The first-order valence-corrected chi connectivity index (χ1v) is 9.14. The van der Waals surface area contributed by atoms with Crippen LogP contribution in [0.1, 0.15) is 13.8 Å².